The number of carboxylic acids is 1. The standard InChI is InChI=1S/C12H18N2O4S2/c1-12(2,3)8-4-5-14(6-8)20(17,18)11-9(10(15)16)13-7-19-11/h7-8H,4-6H2,1-3H3,(H,15,16). The summed E-state index contributed by atoms with van der Waals surface area (Å²) in [5.41, 5.74) is 0.913. The summed E-state index contributed by atoms with van der Waals surface area (Å²) >= 11 is 0.859. The van der Waals surface area contributed by atoms with E-state index in [1.165, 1.54) is 9.82 Å². The van der Waals surface area contributed by atoms with Crippen LogP contribution in [0.25, 0.3) is 0 Å². The van der Waals surface area contributed by atoms with E-state index >= 15 is 0 Å². The Morgan fingerprint density at radius 3 is 2.65 bits per heavy atom. The molecule has 0 radical (unpaired) electrons. The summed E-state index contributed by atoms with van der Waals surface area (Å²) < 4.78 is 26.3. The van der Waals surface area contributed by atoms with Crippen LogP contribution >= 0.6 is 11.3 Å². The summed E-state index contributed by atoms with van der Waals surface area (Å²) in [4.78, 5) is 14.7. The molecule has 0 amide bonds. The quantitative estimate of drug-likeness (QED) is 0.919. The van der Waals surface area contributed by atoms with Gasteiger partial charge in [-0.3, -0.25) is 0 Å². The van der Waals surface area contributed by atoms with Crippen LogP contribution in [0.3, 0.4) is 0 Å². The number of aromatic nitrogens is 1. The van der Waals surface area contributed by atoms with E-state index in [2.05, 4.69) is 25.8 Å². The van der Waals surface area contributed by atoms with Gasteiger partial charge in [-0.25, -0.2) is 18.2 Å². The third-order valence-corrected chi connectivity index (χ3v) is 6.90. The molecule has 112 valence electrons. The minimum absolute atomic E-state index is 0.0353. The molecule has 0 aliphatic carbocycles. The summed E-state index contributed by atoms with van der Waals surface area (Å²) in [5.74, 6) is -1.03. The monoisotopic (exact) mass is 318 g/mol. The number of aromatic carboxylic acids is 1. The second kappa shape index (κ2) is 5.09. The molecule has 0 aromatic carbocycles. The average molecular weight is 318 g/mol. The number of hydrogen-bond acceptors (Lipinski definition) is 5. The minimum atomic E-state index is -3.76. The lowest BCUT2D eigenvalue weighted by atomic mass is 9.80. The van der Waals surface area contributed by atoms with E-state index in [1.54, 1.807) is 0 Å². The van der Waals surface area contributed by atoms with Crippen molar-refractivity contribution in [1.82, 2.24) is 9.29 Å². The van der Waals surface area contributed by atoms with Gasteiger partial charge in [-0.1, -0.05) is 20.8 Å². The van der Waals surface area contributed by atoms with Crippen LogP contribution in [0.2, 0.25) is 0 Å². The second-order valence-electron chi connectivity index (χ2n) is 6.01. The van der Waals surface area contributed by atoms with E-state index in [0.29, 0.717) is 13.1 Å². The first-order valence-corrected chi connectivity index (χ1v) is 8.63. The number of rotatable bonds is 3. The second-order valence-corrected chi connectivity index (χ2v) is 9.00. The molecule has 0 bridgehead atoms. The van der Waals surface area contributed by atoms with Crippen molar-refractivity contribution < 1.29 is 18.3 Å². The van der Waals surface area contributed by atoms with Crippen LogP contribution in [0, 0.1) is 11.3 Å². The SMILES string of the molecule is CC(C)(C)C1CCN(S(=O)(=O)c2scnc2C(=O)O)C1. The molecule has 2 rings (SSSR count). The molecule has 20 heavy (non-hydrogen) atoms. The Hall–Kier alpha value is -0.990. The first kappa shape index (κ1) is 15.4. The number of sulfonamides is 1. The molecule has 0 saturated carbocycles. The van der Waals surface area contributed by atoms with Crippen LogP contribution in [0.15, 0.2) is 9.72 Å². The maximum atomic E-state index is 12.5. The van der Waals surface area contributed by atoms with Crippen LogP contribution in [-0.4, -0.2) is 41.9 Å². The molecule has 1 saturated heterocycles. The van der Waals surface area contributed by atoms with E-state index in [9.17, 15) is 13.2 Å². The zero-order chi connectivity index (χ0) is 15.1. The number of thiazole rings is 1. The smallest absolute Gasteiger partial charge is 0.356 e. The minimum Gasteiger partial charge on any atom is -0.476 e. The summed E-state index contributed by atoms with van der Waals surface area (Å²) in [5, 5.41) is 9.00. The van der Waals surface area contributed by atoms with Gasteiger partial charge in [-0.15, -0.1) is 11.3 Å². The lowest BCUT2D eigenvalue weighted by Crippen LogP contribution is -2.31. The lowest BCUT2D eigenvalue weighted by Gasteiger charge is -2.26. The Bertz CT molecular complexity index is 616. The highest BCUT2D eigenvalue weighted by Gasteiger charge is 2.39. The molecule has 1 aliphatic heterocycles. The zero-order valence-electron chi connectivity index (χ0n) is 11.7. The van der Waals surface area contributed by atoms with Crippen molar-refractivity contribution in [3.05, 3.63) is 11.2 Å². The van der Waals surface area contributed by atoms with Gasteiger partial charge in [0.25, 0.3) is 10.0 Å². The van der Waals surface area contributed by atoms with E-state index in [-0.39, 0.29) is 21.2 Å². The summed E-state index contributed by atoms with van der Waals surface area (Å²) in [7, 11) is -3.76. The van der Waals surface area contributed by atoms with Gasteiger partial charge >= 0.3 is 5.97 Å². The van der Waals surface area contributed by atoms with Gasteiger partial charge in [0.15, 0.2) is 9.90 Å². The van der Waals surface area contributed by atoms with Crippen LogP contribution in [0.5, 0.6) is 0 Å². The molecule has 8 heteroatoms. The molecule has 1 N–H and O–H groups in total. The molecule has 1 atom stereocenters. The van der Waals surface area contributed by atoms with Crippen molar-refractivity contribution >= 4 is 27.3 Å². The Balaban J connectivity index is 2.29. The highest BCUT2D eigenvalue weighted by atomic mass is 32.2. The Morgan fingerprint density at radius 1 is 1.50 bits per heavy atom. The topological polar surface area (TPSA) is 87.6 Å². The van der Waals surface area contributed by atoms with Crippen molar-refractivity contribution in [2.75, 3.05) is 13.1 Å². The highest BCUT2D eigenvalue weighted by Crippen LogP contribution is 2.36. The van der Waals surface area contributed by atoms with Crippen LogP contribution in [0.1, 0.15) is 37.7 Å². The maximum Gasteiger partial charge on any atom is 0.356 e. The molecule has 0 spiro atoms. The van der Waals surface area contributed by atoms with Crippen molar-refractivity contribution in [2.45, 2.75) is 31.4 Å². The number of carbonyl (C=O) groups is 1. The van der Waals surface area contributed by atoms with Gasteiger partial charge < -0.3 is 5.11 Å². The fraction of sp³-hybridized carbons (Fsp3) is 0.667. The Morgan fingerprint density at radius 2 is 2.15 bits per heavy atom. The predicted octanol–water partition coefficient (Wildman–Crippen LogP) is 1.90. The third-order valence-electron chi connectivity index (χ3n) is 3.69. The zero-order valence-corrected chi connectivity index (χ0v) is 13.3. The molecule has 1 fully saturated rings. The average Bonchev–Trinajstić information content (AvgIpc) is 2.98. The molecular formula is C12H18N2O4S2. The summed E-state index contributed by atoms with van der Waals surface area (Å²) in [6.07, 6.45) is 0.796. The van der Waals surface area contributed by atoms with E-state index in [1.807, 2.05) is 0 Å². The van der Waals surface area contributed by atoms with Crippen molar-refractivity contribution in [1.29, 1.82) is 0 Å². The largest absolute Gasteiger partial charge is 0.476 e. The molecule has 1 aliphatic rings. The third kappa shape index (κ3) is 2.72. The van der Waals surface area contributed by atoms with Crippen molar-refractivity contribution in [3.63, 3.8) is 0 Å². The number of hydrogen-bond donors (Lipinski definition) is 1. The maximum absolute atomic E-state index is 12.5. The predicted molar refractivity (Wildman–Crippen MR) is 75.4 cm³/mol. The van der Waals surface area contributed by atoms with Crippen LogP contribution < -0.4 is 0 Å². The highest BCUT2D eigenvalue weighted by molar-refractivity contribution is 7.91. The first-order valence-electron chi connectivity index (χ1n) is 6.31. The van der Waals surface area contributed by atoms with Gasteiger partial charge in [0.1, 0.15) is 0 Å². The van der Waals surface area contributed by atoms with Gasteiger partial charge in [-0.05, 0) is 17.8 Å². The van der Waals surface area contributed by atoms with Crippen molar-refractivity contribution in [2.24, 2.45) is 11.3 Å². The van der Waals surface area contributed by atoms with Crippen molar-refractivity contribution in [3.8, 4) is 0 Å². The van der Waals surface area contributed by atoms with Gasteiger partial charge in [0.2, 0.25) is 0 Å². The Kier molecular flexibility index (Phi) is 3.92. The van der Waals surface area contributed by atoms with Gasteiger partial charge in [0, 0.05) is 13.1 Å². The van der Waals surface area contributed by atoms with Crippen LogP contribution in [-0.2, 0) is 10.0 Å². The van der Waals surface area contributed by atoms with Gasteiger partial charge in [-0.2, -0.15) is 4.31 Å². The molecule has 1 aromatic rings. The molecule has 6 nitrogen and oxygen atoms in total. The Labute approximate surface area is 122 Å². The summed E-state index contributed by atoms with van der Waals surface area (Å²) in [6, 6.07) is 0. The molecule has 1 unspecified atom stereocenters. The normalized spacial score (nSPS) is 21.2. The number of carboxylic acid groups (broad SMARTS) is 1. The van der Waals surface area contributed by atoms with E-state index in [0.717, 1.165) is 17.8 Å². The summed E-state index contributed by atoms with van der Waals surface area (Å²) in [6.45, 7) is 7.12. The first-order chi connectivity index (χ1) is 9.14. The van der Waals surface area contributed by atoms with Crippen LogP contribution in [0.4, 0.5) is 0 Å². The fourth-order valence-corrected chi connectivity index (χ4v) is 5.11. The van der Waals surface area contributed by atoms with E-state index < -0.39 is 16.0 Å². The number of nitrogens with zero attached hydrogens (tertiary/aromatic N) is 2. The van der Waals surface area contributed by atoms with Gasteiger partial charge in [0.05, 0.1) is 5.51 Å². The van der Waals surface area contributed by atoms with E-state index in [4.69, 9.17) is 5.11 Å². The lowest BCUT2D eigenvalue weighted by molar-refractivity contribution is 0.0687. The molecule has 2 heterocycles. The fourth-order valence-electron chi connectivity index (χ4n) is 2.33. The molecular weight excluding hydrogens is 300 g/mol. The molecule has 1 aromatic heterocycles.